The number of aryl methyl sites for hydroxylation is 1. The molecule has 0 radical (unpaired) electrons. The van der Waals surface area contributed by atoms with Crippen molar-refractivity contribution in [2.24, 2.45) is 0 Å². The molecule has 552 valence electrons. The van der Waals surface area contributed by atoms with Gasteiger partial charge in [-0.1, -0.05) is 193 Å². The summed E-state index contributed by atoms with van der Waals surface area (Å²) in [5.74, 6) is 1.53. The molecular formula is C80H117F2N19O. The normalized spacial score (nSPS) is 12.3. The highest BCUT2D eigenvalue weighted by atomic mass is 19.1. The van der Waals surface area contributed by atoms with Crippen molar-refractivity contribution in [3.05, 3.63) is 210 Å². The van der Waals surface area contributed by atoms with Crippen molar-refractivity contribution in [2.45, 2.75) is 255 Å². The summed E-state index contributed by atoms with van der Waals surface area (Å²) in [6.45, 7) is 61.3. The smallest absolute Gasteiger partial charge is 0.316 e. The van der Waals surface area contributed by atoms with Gasteiger partial charge >= 0.3 is 12.1 Å². The first-order valence-corrected chi connectivity index (χ1v) is 34.3. The van der Waals surface area contributed by atoms with E-state index in [9.17, 15) is 8.78 Å². The average Bonchev–Trinajstić information content (AvgIpc) is 1.51. The molecule has 0 saturated carbocycles. The zero-order valence-electron chi connectivity index (χ0n) is 66.7. The predicted molar refractivity (Wildman–Crippen MR) is 406 cm³/mol. The van der Waals surface area contributed by atoms with E-state index in [1.807, 2.05) is 77.0 Å². The number of nitriles is 1. The van der Waals surface area contributed by atoms with Gasteiger partial charge in [-0.15, -0.1) is 0 Å². The monoisotopic (exact) mass is 1400 g/mol. The molecule has 20 nitrogen and oxygen atoms in total. The molecule has 0 N–H and O–H groups in total. The van der Waals surface area contributed by atoms with Gasteiger partial charge in [0, 0.05) is 124 Å². The van der Waals surface area contributed by atoms with Crippen LogP contribution < -0.4 is 9.64 Å². The fourth-order valence-electron chi connectivity index (χ4n) is 7.78. The Bertz CT molecular complexity index is 3530. The summed E-state index contributed by atoms with van der Waals surface area (Å²) >= 11 is 0. The fraction of sp³-hybridized carbons (Fsp3) is 0.525. The lowest BCUT2D eigenvalue weighted by molar-refractivity contribution is 0.378. The van der Waals surface area contributed by atoms with Crippen LogP contribution in [-0.2, 0) is 48.7 Å². The third kappa shape index (κ3) is 35.4. The molecule has 1 saturated heterocycles. The molecule has 10 rings (SSSR count). The SMILES string of the molecule is CC(C)(C)c1ccc(F)nc1.CC(C)(C)c1ccnnc1.CC(C)(C)c1cnc(C#N)nc1.CC(C)(C)c1cnc(F)nc1.CC(C)(C)c1cnc(N2CCCC2)nc1.CC(C)(C)c1cnccn1.CC(C)(C)c1cncnc1.COc1ncc(C(C)(C)C)cn1.Cc1ncc(C(C)(C)C)cn1. The van der Waals surface area contributed by atoms with Crippen LogP contribution in [0.2, 0.25) is 0 Å². The Kier molecular flexibility index (Phi) is 34.7. The third-order valence-corrected chi connectivity index (χ3v) is 15.1. The van der Waals surface area contributed by atoms with Crippen molar-refractivity contribution >= 4 is 5.95 Å². The van der Waals surface area contributed by atoms with Gasteiger partial charge < -0.3 is 9.64 Å². The molecular weight excluding hydrogens is 1280 g/mol. The Balaban J connectivity index is 0.000000391. The summed E-state index contributed by atoms with van der Waals surface area (Å²) in [5.41, 5.74) is 11.0. The third-order valence-electron chi connectivity index (χ3n) is 15.1. The first-order valence-electron chi connectivity index (χ1n) is 34.3. The minimum absolute atomic E-state index is 0.00625. The van der Waals surface area contributed by atoms with Crippen molar-refractivity contribution in [1.29, 1.82) is 5.26 Å². The standard InChI is InChI=1S/C12H19N3.C9H12FN.C9H11N3.C9H14N2O.C9H14N2.C8H11FN2.3C8H12N2/c1-12(2,3)10-8-13-11(14-9-10)15-6-4-5-7-15;1-9(2,3)7-4-5-8(10)11-6-7;1-9(2,3)7-5-11-8(4-10)12-6-7;1-9(2,3)7-5-10-8(12-4)11-6-7;1-7-10-5-8(6-11-7)9(2,3)4;1-8(2,3)6-4-10-7(9)11-5-6;1-8(2,3)7-4-9-6-10-5-7;1-8(2,3)7-6-9-4-5-10-7;1-8(2,3)7-4-5-9-10-6-7/h8-9H,4-7H2,1-3H3;4-6H,1-3H3;5-6H,1-3H3;5-6H,1-4H3;5-6H,1-4H3;4-5H,1-3H3;3*4-6H,1-3H3. The van der Waals surface area contributed by atoms with Gasteiger partial charge in [-0.3, -0.25) is 9.97 Å². The number of hydrogen-bond acceptors (Lipinski definition) is 20. The number of anilines is 1. The van der Waals surface area contributed by atoms with Crippen LogP contribution in [0.5, 0.6) is 6.01 Å². The predicted octanol–water partition coefficient (Wildman–Crippen LogP) is 17.6. The van der Waals surface area contributed by atoms with Crippen molar-refractivity contribution in [3.8, 4) is 12.1 Å². The maximum Gasteiger partial charge on any atom is 0.316 e. The Labute approximate surface area is 609 Å². The molecule has 0 atom stereocenters. The number of hydrogen-bond donors (Lipinski definition) is 0. The number of rotatable bonds is 2. The Morgan fingerprint density at radius 1 is 0.363 bits per heavy atom. The minimum Gasteiger partial charge on any atom is -0.467 e. The van der Waals surface area contributed by atoms with Gasteiger partial charge in [0.05, 0.1) is 19.0 Å². The van der Waals surface area contributed by atoms with Gasteiger partial charge in [0.25, 0.3) is 0 Å². The maximum absolute atomic E-state index is 12.4. The van der Waals surface area contributed by atoms with Gasteiger partial charge in [-0.2, -0.15) is 24.2 Å². The second-order valence-electron chi connectivity index (χ2n) is 33.6. The summed E-state index contributed by atoms with van der Waals surface area (Å²) in [6.07, 6.45) is 35.2. The molecule has 0 bridgehead atoms. The van der Waals surface area contributed by atoms with Crippen LogP contribution in [0.4, 0.5) is 14.7 Å². The molecule has 22 heteroatoms. The van der Waals surface area contributed by atoms with Crippen molar-refractivity contribution in [3.63, 3.8) is 0 Å². The van der Waals surface area contributed by atoms with Crippen LogP contribution in [0, 0.1) is 30.3 Å². The fourth-order valence-corrected chi connectivity index (χ4v) is 7.78. The molecule has 1 aliphatic rings. The number of halogens is 2. The van der Waals surface area contributed by atoms with Crippen LogP contribution in [0.25, 0.3) is 0 Å². The average molecular weight is 1400 g/mol. The van der Waals surface area contributed by atoms with Crippen molar-refractivity contribution in [2.75, 3.05) is 25.1 Å². The topological polar surface area (TPSA) is 255 Å². The number of pyridine rings is 1. The highest BCUT2D eigenvalue weighted by Gasteiger charge is 2.21. The summed E-state index contributed by atoms with van der Waals surface area (Å²) in [6, 6.07) is 7.45. The molecule has 0 unspecified atom stereocenters. The van der Waals surface area contributed by atoms with E-state index in [1.54, 1.807) is 81.5 Å². The zero-order valence-corrected chi connectivity index (χ0v) is 66.7. The molecule has 0 aromatic carbocycles. The lowest BCUT2D eigenvalue weighted by Crippen LogP contribution is -2.21. The van der Waals surface area contributed by atoms with Crippen LogP contribution in [0.15, 0.2) is 136 Å². The zero-order chi connectivity index (χ0) is 77.6. The van der Waals surface area contributed by atoms with E-state index in [0.29, 0.717) is 6.01 Å². The van der Waals surface area contributed by atoms with E-state index < -0.39 is 12.0 Å². The second-order valence-corrected chi connectivity index (χ2v) is 33.6. The first-order chi connectivity index (χ1) is 47.0. The van der Waals surface area contributed by atoms with Crippen LogP contribution in [0.3, 0.4) is 0 Å². The molecule has 1 fully saturated rings. The number of methoxy groups -OCH3 is 1. The second kappa shape index (κ2) is 39.8. The Morgan fingerprint density at radius 2 is 0.735 bits per heavy atom. The molecule has 1 aliphatic heterocycles. The molecule has 102 heavy (non-hydrogen) atoms. The van der Waals surface area contributed by atoms with Gasteiger partial charge in [-0.25, -0.2) is 64.8 Å². The highest BCUT2D eigenvalue weighted by molar-refractivity contribution is 5.32. The number of ether oxygens (including phenoxy) is 1. The molecule has 0 spiro atoms. The van der Waals surface area contributed by atoms with Gasteiger partial charge in [0.15, 0.2) is 0 Å². The van der Waals surface area contributed by atoms with Crippen LogP contribution in [-0.4, -0.2) is 105 Å². The van der Waals surface area contributed by atoms with Crippen molar-refractivity contribution in [1.82, 2.24) is 85.0 Å². The van der Waals surface area contributed by atoms with E-state index in [0.717, 1.165) is 52.8 Å². The Hall–Kier alpha value is -9.26. The maximum atomic E-state index is 12.4. The highest BCUT2D eigenvalue weighted by Crippen LogP contribution is 2.27. The first kappa shape index (κ1) is 88.8. The largest absolute Gasteiger partial charge is 0.467 e. The molecule has 9 aromatic heterocycles. The van der Waals surface area contributed by atoms with E-state index >= 15 is 0 Å². The van der Waals surface area contributed by atoms with E-state index in [4.69, 9.17) is 10.00 Å². The van der Waals surface area contributed by atoms with E-state index in [1.165, 1.54) is 53.6 Å². The summed E-state index contributed by atoms with van der Waals surface area (Å²) in [5, 5.41) is 16.0. The summed E-state index contributed by atoms with van der Waals surface area (Å²) in [4.78, 5) is 61.8. The summed E-state index contributed by atoms with van der Waals surface area (Å²) < 4.78 is 29.5. The molecule has 0 aliphatic carbocycles. The van der Waals surface area contributed by atoms with E-state index in [-0.39, 0.29) is 54.6 Å². The summed E-state index contributed by atoms with van der Waals surface area (Å²) in [7, 11) is 1.56. The number of nitrogens with zero attached hydrogens (tertiary/aromatic N) is 19. The molecule has 0 amide bonds. The molecule has 9 aromatic rings. The van der Waals surface area contributed by atoms with Crippen LogP contribution in [0.1, 0.15) is 262 Å². The lowest BCUT2D eigenvalue weighted by Gasteiger charge is -2.20. The van der Waals surface area contributed by atoms with Gasteiger partial charge in [0.2, 0.25) is 17.7 Å². The van der Waals surface area contributed by atoms with Gasteiger partial charge in [-0.05, 0) is 120 Å². The van der Waals surface area contributed by atoms with Crippen molar-refractivity contribution < 1.29 is 13.5 Å². The minimum atomic E-state index is -0.669. The van der Waals surface area contributed by atoms with Gasteiger partial charge in [0.1, 0.15) is 18.2 Å². The lowest BCUT2D eigenvalue weighted by atomic mass is 9.88. The van der Waals surface area contributed by atoms with Crippen LogP contribution >= 0.6 is 0 Å². The molecule has 10 heterocycles. The number of aromatic nitrogens is 17. The van der Waals surface area contributed by atoms with E-state index in [2.05, 4.69) is 256 Å². The Morgan fingerprint density at radius 3 is 1.05 bits per heavy atom. The quantitative estimate of drug-likeness (QED) is 0.115.